The minimum absolute atomic E-state index is 0.0494. The Morgan fingerprint density at radius 2 is 2.00 bits per heavy atom. The summed E-state index contributed by atoms with van der Waals surface area (Å²) in [7, 11) is 0. The zero-order valence-corrected chi connectivity index (χ0v) is 11.8. The number of hydrogen-bond donors (Lipinski definition) is 0. The number of rotatable bonds is 6. The summed E-state index contributed by atoms with van der Waals surface area (Å²) in [5.74, 6) is -0.0757. The Morgan fingerprint density at radius 1 is 1.28 bits per heavy atom. The maximum atomic E-state index is 11.7. The predicted octanol–water partition coefficient (Wildman–Crippen LogP) is 3.35. The summed E-state index contributed by atoms with van der Waals surface area (Å²) < 4.78 is 10.7. The van der Waals surface area contributed by atoms with Gasteiger partial charge in [0.25, 0.3) is 0 Å². The van der Waals surface area contributed by atoms with Crippen LogP contribution in [-0.4, -0.2) is 31.2 Å². The second-order valence-corrected chi connectivity index (χ2v) is 5.38. The molecular weight excluding hydrogens is 252 g/mol. The number of ketones is 1. The van der Waals surface area contributed by atoms with Gasteiger partial charge in [0.1, 0.15) is 6.61 Å². The van der Waals surface area contributed by atoms with Crippen molar-refractivity contribution in [2.75, 3.05) is 19.8 Å². The first-order valence-corrected chi connectivity index (χ1v) is 6.27. The lowest BCUT2D eigenvalue weighted by Gasteiger charge is -2.19. The molecule has 18 heavy (non-hydrogen) atoms. The van der Waals surface area contributed by atoms with Gasteiger partial charge in [-0.05, 0) is 32.9 Å². The number of benzene rings is 1. The first-order chi connectivity index (χ1) is 8.38. The maximum Gasteiger partial charge on any atom is 0.188 e. The molecule has 0 aliphatic heterocycles. The summed E-state index contributed by atoms with van der Waals surface area (Å²) in [4.78, 5) is 11.7. The highest BCUT2D eigenvalue weighted by Gasteiger charge is 2.10. The van der Waals surface area contributed by atoms with Gasteiger partial charge in [-0.1, -0.05) is 23.7 Å². The molecule has 0 heterocycles. The molecule has 0 saturated carbocycles. The van der Waals surface area contributed by atoms with Crippen molar-refractivity contribution < 1.29 is 14.3 Å². The molecule has 0 aliphatic rings. The molecule has 1 aromatic carbocycles. The highest BCUT2D eigenvalue weighted by Crippen LogP contribution is 2.11. The smallest absolute Gasteiger partial charge is 0.188 e. The van der Waals surface area contributed by atoms with Crippen LogP contribution >= 0.6 is 11.6 Å². The normalized spacial score (nSPS) is 11.6. The average Bonchev–Trinajstić information content (AvgIpc) is 2.26. The first-order valence-electron chi connectivity index (χ1n) is 5.89. The van der Waals surface area contributed by atoms with Crippen LogP contribution in [0.3, 0.4) is 0 Å². The monoisotopic (exact) mass is 270 g/mol. The predicted molar refractivity (Wildman–Crippen MR) is 72.3 cm³/mol. The second kappa shape index (κ2) is 6.88. The van der Waals surface area contributed by atoms with E-state index in [1.165, 1.54) is 0 Å². The third-order valence-electron chi connectivity index (χ3n) is 2.14. The van der Waals surface area contributed by atoms with E-state index in [9.17, 15) is 4.79 Å². The molecule has 1 rings (SSSR count). The molecule has 3 nitrogen and oxygen atoms in total. The Kier molecular flexibility index (Phi) is 5.79. The third kappa shape index (κ3) is 6.15. The topological polar surface area (TPSA) is 35.5 Å². The number of halogens is 1. The van der Waals surface area contributed by atoms with Gasteiger partial charge in [0.2, 0.25) is 0 Å². The van der Waals surface area contributed by atoms with Crippen molar-refractivity contribution in [3.8, 4) is 0 Å². The molecule has 0 N–H and O–H groups in total. The molecule has 0 radical (unpaired) electrons. The van der Waals surface area contributed by atoms with Gasteiger partial charge in [-0.25, -0.2) is 0 Å². The average molecular weight is 271 g/mol. The van der Waals surface area contributed by atoms with Crippen LogP contribution in [0.1, 0.15) is 31.1 Å². The van der Waals surface area contributed by atoms with Crippen molar-refractivity contribution in [2.24, 2.45) is 0 Å². The van der Waals surface area contributed by atoms with Crippen molar-refractivity contribution in [1.29, 1.82) is 0 Å². The number of Topliss-reactive ketones (excluding diaryl/α,β-unsaturated/α-hetero) is 1. The van der Waals surface area contributed by atoms with Crippen LogP contribution in [0.25, 0.3) is 0 Å². The van der Waals surface area contributed by atoms with Gasteiger partial charge in [-0.3, -0.25) is 4.79 Å². The molecule has 1 aromatic rings. The Hall–Kier alpha value is -0.900. The molecule has 0 amide bonds. The number of carbonyl (C=O) groups excluding carboxylic acids is 1. The van der Waals surface area contributed by atoms with E-state index in [1.54, 1.807) is 24.3 Å². The van der Waals surface area contributed by atoms with E-state index in [4.69, 9.17) is 21.1 Å². The highest BCUT2D eigenvalue weighted by molar-refractivity contribution is 6.31. The van der Waals surface area contributed by atoms with Crippen molar-refractivity contribution in [1.82, 2.24) is 0 Å². The van der Waals surface area contributed by atoms with E-state index < -0.39 is 0 Å². The molecule has 0 atom stereocenters. The summed E-state index contributed by atoms with van der Waals surface area (Å²) in [6.45, 7) is 6.86. The molecule has 0 aliphatic carbocycles. The van der Waals surface area contributed by atoms with E-state index in [0.29, 0.717) is 23.8 Å². The molecule has 0 bridgehead atoms. The standard InChI is InChI=1S/C14H19ClO3/c1-14(2,3)18-8-7-17-10-13(16)11-5-4-6-12(15)9-11/h4-6,9H,7-8,10H2,1-3H3. The minimum Gasteiger partial charge on any atom is -0.373 e. The van der Waals surface area contributed by atoms with Gasteiger partial charge >= 0.3 is 0 Å². The zero-order chi connectivity index (χ0) is 13.6. The van der Waals surface area contributed by atoms with E-state index in [2.05, 4.69) is 0 Å². The van der Waals surface area contributed by atoms with Crippen LogP contribution in [0.5, 0.6) is 0 Å². The van der Waals surface area contributed by atoms with Crippen molar-refractivity contribution in [3.63, 3.8) is 0 Å². The number of hydrogen-bond acceptors (Lipinski definition) is 3. The molecule has 0 unspecified atom stereocenters. The Morgan fingerprint density at radius 3 is 2.61 bits per heavy atom. The lowest BCUT2D eigenvalue weighted by atomic mass is 10.1. The molecule has 0 aromatic heterocycles. The Balaban J connectivity index is 2.26. The Labute approximate surface area is 113 Å². The zero-order valence-electron chi connectivity index (χ0n) is 11.0. The summed E-state index contributed by atoms with van der Waals surface area (Å²) in [5.41, 5.74) is 0.389. The van der Waals surface area contributed by atoms with Crippen LogP contribution in [0.15, 0.2) is 24.3 Å². The third-order valence-corrected chi connectivity index (χ3v) is 2.38. The van der Waals surface area contributed by atoms with Gasteiger partial charge in [0, 0.05) is 10.6 Å². The summed E-state index contributed by atoms with van der Waals surface area (Å²) in [6.07, 6.45) is 0. The van der Waals surface area contributed by atoms with E-state index >= 15 is 0 Å². The largest absolute Gasteiger partial charge is 0.373 e. The van der Waals surface area contributed by atoms with Crippen molar-refractivity contribution >= 4 is 17.4 Å². The van der Waals surface area contributed by atoms with Crippen LogP contribution in [0.4, 0.5) is 0 Å². The van der Waals surface area contributed by atoms with Crippen LogP contribution < -0.4 is 0 Å². The van der Waals surface area contributed by atoms with Gasteiger partial charge < -0.3 is 9.47 Å². The lowest BCUT2D eigenvalue weighted by Crippen LogP contribution is -2.22. The van der Waals surface area contributed by atoms with Gasteiger partial charge in [-0.15, -0.1) is 0 Å². The first kappa shape index (κ1) is 15.2. The van der Waals surface area contributed by atoms with E-state index in [-0.39, 0.29) is 18.0 Å². The highest BCUT2D eigenvalue weighted by atomic mass is 35.5. The molecule has 0 saturated heterocycles. The number of ether oxygens (including phenoxy) is 2. The number of carbonyl (C=O) groups is 1. The molecule has 0 spiro atoms. The van der Waals surface area contributed by atoms with Crippen LogP contribution in [-0.2, 0) is 9.47 Å². The minimum atomic E-state index is -0.180. The molecule has 4 heteroatoms. The fraction of sp³-hybridized carbons (Fsp3) is 0.500. The van der Waals surface area contributed by atoms with Crippen LogP contribution in [0.2, 0.25) is 5.02 Å². The van der Waals surface area contributed by atoms with Crippen molar-refractivity contribution in [3.05, 3.63) is 34.9 Å². The summed E-state index contributed by atoms with van der Waals surface area (Å²) in [5, 5.41) is 0.553. The Bertz CT molecular complexity index is 396. The molecular formula is C14H19ClO3. The van der Waals surface area contributed by atoms with Crippen molar-refractivity contribution in [2.45, 2.75) is 26.4 Å². The summed E-state index contributed by atoms with van der Waals surface area (Å²) >= 11 is 5.81. The van der Waals surface area contributed by atoms with Gasteiger partial charge in [-0.2, -0.15) is 0 Å². The van der Waals surface area contributed by atoms with Gasteiger partial charge in [0.05, 0.1) is 18.8 Å². The fourth-order valence-corrected chi connectivity index (χ4v) is 1.51. The van der Waals surface area contributed by atoms with Gasteiger partial charge in [0.15, 0.2) is 5.78 Å². The maximum absolute atomic E-state index is 11.7. The van der Waals surface area contributed by atoms with E-state index in [1.807, 2.05) is 20.8 Å². The van der Waals surface area contributed by atoms with Crippen LogP contribution in [0, 0.1) is 0 Å². The SMILES string of the molecule is CC(C)(C)OCCOCC(=O)c1cccc(Cl)c1. The lowest BCUT2D eigenvalue weighted by molar-refractivity contribution is -0.0324. The molecule has 0 fully saturated rings. The fourth-order valence-electron chi connectivity index (χ4n) is 1.32. The van der Waals surface area contributed by atoms with E-state index in [0.717, 1.165) is 0 Å². The second-order valence-electron chi connectivity index (χ2n) is 4.95. The summed E-state index contributed by atoms with van der Waals surface area (Å²) in [6, 6.07) is 6.84. The quantitative estimate of drug-likeness (QED) is 0.587. The molecule has 100 valence electrons.